The molecule has 5 nitrogen and oxygen atoms in total. The monoisotopic (exact) mass is 502 g/mol. The van der Waals surface area contributed by atoms with Gasteiger partial charge in [-0.05, 0) is 22.3 Å². The SMILES string of the molecule is O=C(OC(c1ccccc1)c1ccccc1)C1=C(CCl)CS[C@@H]2C(/N=C/c3ccccc3)C(=O)N12. The quantitative estimate of drug-likeness (QED) is 0.192. The topological polar surface area (TPSA) is 59.0 Å². The summed E-state index contributed by atoms with van der Waals surface area (Å²) in [6.07, 6.45) is 1.10. The van der Waals surface area contributed by atoms with Gasteiger partial charge in [-0.15, -0.1) is 23.4 Å². The fourth-order valence-corrected chi connectivity index (χ4v) is 5.88. The maximum Gasteiger partial charge on any atom is 0.356 e. The summed E-state index contributed by atoms with van der Waals surface area (Å²) in [5.74, 6) is -0.0868. The van der Waals surface area contributed by atoms with E-state index in [0.29, 0.717) is 11.3 Å². The molecule has 0 spiro atoms. The molecule has 1 amide bonds. The van der Waals surface area contributed by atoms with E-state index in [2.05, 4.69) is 4.99 Å². The van der Waals surface area contributed by atoms with Gasteiger partial charge in [0.15, 0.2) is 12.1 Å². The molecule has 0 bridgehead atoms. The van der Waals surface area contributed by atoms with E-state index in [-0.39, 0.29) is 22.9 Å². The third-order valence-corrected chi connectivity index (χ3v) is 7.64. The molecule has 0 aromatic heterocycles. The number of amides is 1. The van der Waals surface area contributed by atoms with Gasteiger partial charge in [0.2, 0.25) is 0 Å². The van der Waals surface area contributed by atoms with E-state index in [1.807, 2.05) is 91.0 Å². The molecule has 5 rings (SSSR count). The predicted molar refractivity (Wildman–Crippen MR) is 139 cm³/mol. The lowest BCUT2D eigenvalue weighted by molar-refractivity contribution is -0.153. The zero-order valence-corrected chi connectivity index (χ0v) is 20.4. The van der Waals surface area contributed by atoms with E-state index in [4.69, 9.17) is 16.3 Å². The number of esters is 1. The van der Waals surface area contributed by atoms with Crippen LogP contribution in [0.25, 0.3) is 0 Å². The third-order valence-electron chi connectivity index (χ3n) is 5.99. The van der Waals surface area contributed by atoms with Crippen molar-refractivity contribution in [1.29, 1.82) is 0 Å². The van der Waals surface area contributed by atoms with Crippen molar-refractivity contribution in [3.63, 3.8) is 0 Å². The highest BCUT2D eigenvalue weighted by molar-refractivity contribution is 8.00. The molecule has 3 aromatic rings. The number of carbonyl (C=O) groups is 2. The van der Waals surface area contributed by atoms with E-state index in [0.717, 1.165) is 16.7 Å². The number of ether oxygens (including phenoxy) is 1. The molecule has 35 heavy (non-hydrogen) atoms. The van der Waals surface area contributed by atoms with Crippen LogP contribution in [0.1, 0.15) is 22.8 Å². The van der Waals surface area contributed by atoms with Gasteiger partial charge in [-0.25, -0.2) is 4.79 Å². The first-order valence-corrected chi connectivity index (χ1v) is 12.9. The third kappa shape index (κ3) is 4.77. The Bertz CT molecular complexity index is 1230. The molecule has 1 unspecified atom stereocenters. The number of alkyl halides is 1. The van der Waals surface area contributed by atoms with Crippen molar-refractivity contribution < 1.29 is 14.3 Å². The van der Waals surface area contributed by atoms with Crippen LogP contribution in [-0.4, -0.2) is 46.0 Å². The summed E-state index contributed by atoms with van der Waals surface area (Å²) in [4.78, 5) is 32.7. The molecule has 3 aromatic carbocycles. The summed E-state index contributed by atoms with van der Waals surface area (Å²) in [6.45, 7) is 0. The van der Waals surface area contributed by atoms with E-state index in [1.165, 1.54) is 4.90 Å². The Morgan fingerprint density at radius 2 is 1.57 bits per heavy atom. The highest BCUT2D eigenvalue weighted by Crippen LogP contribution is 2.43. The van der Waals surface area contributed by atoms with Gasteiger partial charge in [-0.3, -0.25) is 14.7 Å². The number of aliphatic imine (C=N–C) groups is 1. The van der Waals surface area contributed by atoms with Crippen LogP contribution >= 0.6 is 23.4 Å². The number of benzene rings is 3. The van der Waals surface area contributed by atoms with E-state index in [9.17, 15) is 9.59 Å². The van der Waals surface area contributed by atoms with Crippen molar-refractivity contribution in [3.05, 3.63) is 119 Å². The summed E-state index contributed by atoms with van der Waals surface area (Å²) in [6, 6.07) is 28.2. The van der Waals surface area contributed by atoms with Crippen molar-refractivity contribution in [2.24, 2.45) is 4.99 Å². The lowest BCUT2D eigenvalue weighted by Crippen LogP contribution is -2.64. The van der Waals surface area contributed by atoms with Crippen LogP contribution in [0.5, 0.6) is 0 Å². The molecule has 2 aliphatic heterocycles. The summed E-state index contributed by atoms with van der Waals surface area (Å²) < 4.78 is 6.06. The first kappa shape index (κ1) is 23.4. The van der Waals surface area contributed by atoms with Crippen molar-refractivity contribution in [3.8, 4) is 0 Å². The number of hydrogen-bond acceptors (Lipinski definition) is 5. The van der Waals surface area contributed by atoms with Crippen LogP contribution in [0, 0.1) is 0 Å². The normalized spacial score (nSPS) is 19.6. The van der Waals surface area contributed by atoms with Gasteiger partial charge in [-0.2, -0.15) is 0 Å². The van der Waals surface area contributed by atoms with Crippen molar-refractivity contribution in [2.75, 3.05) is 11.6 Å². The Morgan fingerprint density at radius 3 is 2.14 bits per heavy atom. The molecular formula is C28H23ClN2O3S. The van der Waals surface area contributed by atoms with E-state index in [1.54, 1.807) is 18.0 Å². The molecular weight excluding hydrogens is 480 g/mol. The van der Waals surface area contributed by atoms with Gasteiger partial charge in [0.25, 0.3) is 5.91 Å². The standard InChI is InChI=1S/C28H23ClN2O3S/c29-16-22-18-35-27-23(30-17-19-10-4-1-5-11-19)26(32)31(27)24(22)28(33)34-25(20-12-6-2-7-13-20)21-14-8-3-9-15-21/h1-15,17,23,25,27H,16,18H2/b30-17+/t23?,27-/m1/s1. The minimum atomic E-state index is -0.606. The van der Waals surface area contributed by atoms with Crippen LogP contribution in [0.15, 0.2) is 107 Å². The Kier molecular flexibility index (Phi) is 7.02. The molecule has 0 radical (unpaired) electrons. The second-order valence-corrected chi connectivity index (χ2v) is 9.61. The summed E-state index contributed by atoms with van der Waals surface area (Å²) in [5.41, 5.74) is 3.56. The Morgan fingerprint density at radius 1 is 1.00 bits per heavy atom. The summed E-state index contributed by atoms with van der Waals surface area (Å²) >= 11 is 7.77. The number of rotatable bonds is 7. The van der Waals surface area contributed by atoms with Crippen molar-refractivity contribution >= 4 is 41.5 Å². The minimum absolute atomic E-state index is 0.146. The Hall–Kier alpha value is -3.35. The van der Waals surface area contributed by atoms with Gasteiger partial charge in [0.1, 0.15) is 11.1 Å². The van der Waals surface area contributed by atoms with Crippen LogP contribution in [0.2, 0.25) is 0 Å². The minimum Gasteiger partial charge on any atom is -0.448 e. The van der Waals surface area contributed by atoms with Crippen molar-refractivity contribution in [1.82, 2.24) is 4.90 Å². The molecule has 176 valence electrons. The maximum atomic E-state index is 13.6. The molecule has 0 N–H and O–H groups in total. The van der Waals surface area contributed by atoms with E-state index >= 15 is 0 Å². The zero-order valence-electron chi connectivity index (χ0n) is 18.8. The number of fused-ring (bicyclic) bond motifs is 1. The first-order chi connectivity index (χ1) is 17.2. The fourth-order valence-electron chi connectivity index (χ4n) is 4.21. The average molecular weight is 503 g/mol. The molecule has 2 atom stereocenters. The molecule has 2 heterocycles. The maximum absolute atomic E-state index is 13.6. The molecule has 0 saturated carbocycles. The number of nitrogens with zero attached hydrogens (tertiary/aromatic N) is 2. The summed E-state index contributed by atoms with van der Waals surface area (Å²) in [7, 11) is 0. The molecule has 1 saturated heterocycles. The van der Waals surface area contributed by atoms with Crippen molar-refractivity contribution in [2.45, 2.75) is 17.5 Å². The average Bonchev–Trinajstić information content (AvgIpc) is 2.92. The summed E-state index contributed by atoms with van der Waals surface area (Å²) in [5, 5.41) is -0.260. The van der Waals surface area contributed by atoms with Crippen LogP contribution in [0.4, 0.5) is 0 Å². The van der Waals surface area contributed by atoms with Gasteiger partial charge in [0, 0.05) is 17.8 Å². The predicted octanol–water partition coefficient (Wildman–Crippen LogP) is 5.21. The number of carbonyl (C=O) groups excluding carboxylic acids is 2. The lowest BCUT2D eigenvalue weighted by Gasteiger charge is -2.48. The second-order valence-electron chi connectivity index (χ2n) is 8.24. The highest BCUT2D eigenvalue weighted by atomic mass is 35.5. The smallest absolute Gasteiger partial charge is 0.356 e. The van der Waals surface area contributed by atoms with Crippen LogP contribution in [-0.2, 0) is 14.3 Å². The van der Waals surface area contributed by atoms with Gasteiger partial charge in [0.05, 0.1) is 0 Å². The highest BCUT2D eigenvalue weighted by Gasteiger charge is 2.53. The second kappa shape index (κ2) is 10.5. The van der Waals surface area contributed by atoms with Gasteiger partial charge < -0.3 is 4.74 Å². The Labute approximate surface area is 213 Å². The fraction of sp³-hybridized carbons (Fsp3) is 0.179. The number of halogens is 1. The van der Waals surface area contributed by atoms with Crippen LogP contribution < -0.4 is 0 Å². The van der Waals surface area contributed by atoms with Gasteiger partial charge >= 0.3 is 5.97 Å². The number of thioether (sulfide) groups is 1. The van der Waals surface area contributed by atoms with Gasteiger partial charge in [-0.1, -0.05) is 91.0 Å². The molecule has 2 aliphatic rings. The lowest BCUT2D eigenvalue weighted by atomic mass is 10.0. The number of β-lactam (4-membered cyclic amide) rings is 1. The first-order valence-electron chi connectivity index (χ1n) is 11.3. The molecule has 7 heteroatoms. The molecule has 0 aliphatic carbocycles. The van der Waals surface area contributed by atoms with Crippen LogP contribution in [0.3, 0.4) is 0 Å². The number of hydrogen-bond donors (Lipinski definition) is 0. The van der Waals surface area contributed by atoms with E-state index < -0.39 is 18.1 Å². The Balaban J connectivity index is 1.40. The zero-order chi connectivity index (χ0) is 24.2. The molecule has 1 fully saturated rings. The largest absolute Gasteiger partial charge is 0.448 e.